The van der Waals surface area contributed by atoms with E-state index in [0.29, 0.717) is 0 Å². The Bertz CT molecular complexity index is 708. The number of fused-ring (bicyclic) bond motifs is 3. The van der Waals surface area contributed by atoms with Gasteiger partial charge in [0.1, 0.15) is 0 Å². The van der Waals surface area contributed by atoms with Gasteiger partial charge in [0.25, 0.3) is 0 Å². The van der Waals surface area contributed by atoms with Crippen LogP contribution in [0.4, 0.5) is 0 Å². The van der Waals surface area contributed by atoms with Crippen LogP contribution in [0.15, 0.2) is 42.6 Å². The van der Waals surface area contributed by atoms with E-state index in [0.717, 1.165) is 49.1 Å². The van der Waals surface area contributed by atoms with Crippen LogP contribution in [0.25, 0.3) is 21.8 Å². The van der Waals surface area contributed by atoms with Crippen molar-refractivity contribution >= 4 is 37.0 Å². The number of hydrogen-bond donors (Lipinski definition) is 0. The summed E-state index contributed by atoms with van der Waals surface area (Å²) in [4.78, 5) is 9.08. The van der Waals surface area contributed by atoms with Gasteiger partial charge in [0, 0.05) is 22.7 Å². The van der Waals surface area contributed by atoms with Crippen molar-refractivity contribution in [3.05, 3.63) is 48.3 Å². The first kappa shape index (κ1) is 16.0. The molecule has 0 aliphatic carbocycles. The molecule has 1 radical (unpaired) electrons. The molecule has 3 rings (SSSR count). The number of rotatable bonds is 3. The molecular weight excluding hydrogens is 271 g/mol. The number of benzene rings is 1. The summed E-state index contributed by atoms with van der Waals surface area (Å²) in [5, 5.41) is 5.16. The molecule has 0 bridgehead atoms. The normalized spacial score (nSPS) is 10.2. The second-order valence-corrected chi connectivity index (χ2v) is 7.18. The lowest BCUT2D eigenvalue weighted by Crippen LogP contribution is -1.89. The Hall–Kier alpha value is -1.43. The lowest BCUT2D eigenvalue weighted by molar-refractivity contribution is 1.06. The summed E-state index contributed by atoms with van der Waals surface area (Å²) in [6.07, 6.45) is 2.78. The van der Waals surface area contributed by atoms with Crippen LogP contribution in [0.1, 0.15) is 26.5 Å². The van der Waals surface area contributed by atoms with Gasteiger partial charge in [-0.05, 0) is 18.6 Å². The minimum Gasteiger partial charge on any atom is -0.254 e. The van der Waals surface area contributed by atoms with E-state index in [9.17, 15) is 0 Å². The summed E-state index contributed by atoms with van der Waals surface area (Å²) >= 11 is 0.815. The number of aryl methyl sites for hydroxylation is 1. The summed E-state index contributed by atoms with van der Waals surface area (Å²) < 4.78 is 0. The number of hydrogen-bond acceptors (Lipinski definition) is 2. The Labute approximate surface area is 133 Å². The molecule has 0 unspecified atom stereocenters. The average Bonchev–Trinajstić information content (AvgIpc) is 2.55. The molecular formula is C18H22AlN2. The van der Waals surface area contributed by atoms with Crippen LogP contribution >= 0.6 is 0 Å². The van der Waals surface area contributed by atoms with Crippen LogP contribution in [-0.4, -0.2) is 25.2 Å². The molecule has 2 heterocycles. The fourth-order valence-corrected chi connectivity index (χ4v) is 2.83. The second-order valence-electron chi connectivity index (χ2n) is 4.97. The summed E-state index contributed by atoms with van der Waals surface area (Å²) in [6, 6.07) is 12.4. The zero-order valence-electron chi connectivity index (χ0n) is 13.1. The Morgan fingerprint density at radius 1 is 0.857 bits per heavy atom. The Balaban J connectivity index is 0.000000282. The first-order chi connectivity index (χ1) is 10.3. The molecule has 0 aliphatic rings. The average molecular weight is 293 g/mol. The van der Waals surface area contributed by atoms with Gasteiger partial charge in [0.2, 0.25) is 0 Å². The first-order valence-corrected chi connectivity index (χ1v) is 9.38. The predicted octanol–water partition coefficient (Wildman–Crippen LogP) is 4.91. The van der Waals surface area contributed by atoms with Crippen LogP contribution in [0.5, 0.6) is 0 Å². The summed E-state index contributed by atoms with van der Waals surface area (Å²) in [5.74, 6) is 0. The van der Waals surface area contributed by atoms with Crippen molar-refractivity contribution in [3.63, 3.8) is 0 Å². The van der Waals surface area contributed by atoms with Crippen LogP contribution < -0.4 is 0 Å². The Morgan fingerprint density at radius 3 is 2.14 bits per heavy atom. The van der Waals surface area contributed by atoms with Crippen molar-refractivity contribution in [3.8, 4) is 0 Å². The lowest BCUT2D eigenvalue weighted by atomic mass is 10.1. The van der Waals surface area contributed by atoms with Gasteiger partial charge in [-0.3, -0.25) is 9.97 Å². The second kappa shape index (κ2) is 8.12. The summed E-state index contributed by atoms with van der Waals surface area (Å²) in [6.45, 7) is 6.62. The van der Waals surface area contributed by atoms with Gasteiger partial charge in [-0.2, -0.15) is 0 Å². The molecule has 3 heteroatoms. The number of aromatic nitrogens is 2. The van der Waals surface area contributed by atoms with E-state index in [-0.39, 0.29) is 0 Å². The molecule has 0 spiro atoms. The quantitative estimate of drug-likeness (QED) is 0.506. The van der Waals surface area contributed by atoms with E-state index in [2.05, 4.69) is 61.1 Å². The van der Waals surface area contributed by atoms with Crippen molar-refractivity contribution in [2.45, 2.75) is 37.8 Å². The molecule has 2 nitrogen and oxygen atoms in total. The number of nitrogens with zero attached hydrogens (tertiary/aromatic N) is 2. The largest absolute Gasteiger partial charge is 0.254 e. The van der Waals surface area contributed by atoms with Crippen LogP contribution in [0.2, 0.25) is 10.6 Å². The fraction of sp³-hybridized carbons (Fsp3) is 0.333. The monoisotopic (exact) mass is 293 g/mol. The third-order valence-electron chi connectivity index (χ3n) is 3.43. The van der Waals surface area contributed by atoms with Gasteiger partial charge < -0.3 is 0 Å². The molecule has 107 valence electrons. The maximum absolute atomic E-state index is 4.66. The van der Waals surface area contributed by atoms with E-state index >= 15 is 0 Å². The van der Waals surface area contributed by atoms with Gasteiger partial charge in [-0.15, -0.1) is 10.6 Å². The molecule has 0 N–H and O–H groups in total. The van der Waals surface area contributed by atoms with E-state index in [1.165, 1.54) is 10.6 Å². The molecule has 0 saturated heterocycles. The topological polar surface area (TPSA) is 25.8 Å². The van der Waals surface area contributed by atoms with Gasteiger partial charge >= 0.3 is 0 Å². The predicted molar refractivity (Wildman–Crippen MR) is 93.1 cm³/mol. The minimum absolute atomic E-state index is 0.815. The highest BCUT2D eigenvalue weighted by Gasteiger charge is 2.03. The summed E-state index contributed by atoms with van der Waals surface area (Å²) in [5.41, 5.74) is 3.12. The maximum Gasteiger partial charge on any atom is 0.198 e. The molecule has 21 heavy (non-hydrogen) atoms. The van der Waals surface area contributed by atoms with Gasteiger partial charge in [0.05, 0.1) is 11.0 Å². The number of pyridine rings is 2. The van der Waals surface area contributed by atoms with Crippen molar-refractivity contribution in [1.82, 2.24) is 9.97 Å². The highest BCUT2D eigenvalue weighted by molar-refractivity contribution is 6.34. The van der Waals surface area contributed by atoms with E-state index in [4.69, 9.17) is 0 Å². The molecule has 0 saturated carbocycles. The van der Waals surface area contributed by atoms with Crippen molar-refractivity contribution in [1.29, 1.82) is 0 Å². The Kier molecular flexibility index (Phi) is 6.17. The highest BCUT2D eigenvalue weighted by Crippen LogP contribution is 2.21. The maximum atomic E-state index is 4.66. The van der Waals surface area contributed by atoms with E-state index in [1.807, 2.05) is 12.3 Å². The van der Waals surface area contributed by atoms with E-state index < -0.39 is 0 Å². The standard InChI is InChI=1S/C14H12N2.2C2H5.Al/c1-2-12-8-7-11-6-5-10-4-3-9-15-13(10)14(11)16-12;2*1-2;/h3-9H,2H2,1H3;2*1H2,2H3;. The molecule has 1 aromatic carbocycles. The van der Waals surface area contributed by atoms with Crippen molar-refractivity contribution in [2.75, 3.05) is 0 Å². The zero-order valence-corrected chi connectivity index (χ0v) is 14.3. The summed E-state index contributed by atoms with van der Waals surface area (Å²) in [7, 11) is 0. The first-order valence-electron chi connectivity index (χ1n) is 7.75. The van der Waals surface area contributed by atoms with Crippen molar-refractivity contribution in [2.24, 2.45) is 0 Å². The minimum atomic E-state index is 0.815. The van der Waals surface area contributed by atoms with Crippen molar-refractivity contribution < 1.29 is 0 Å². The van der Waals surface area contributed by atoms with E-state index in [1.54, 1.807) is 0 Å². The lowest BCUT2D eigenvalue weighted by Gasteiger charge is -2.03. The fourth-order valence-electron chi connectivity index (χ4n) is 2.25. The third kappa shape index (κ3) is 4.03. The van der Waals surface area contributed by atoms with Crippen LogP contribution in [-0.2, 0) is 6.42 Å². The van der Waals surface area contributed by atoms with Crippen LogP contribution in [0.3, 0.4) is 0 Å². The molecule has 2 aromatic heterocycles. The third-order valence-corrected chi connectivity index (χ3v) is 4.58. The van der Waals surface area contributed by atoms with Gasteiger partial charge in [-0.25, -0.2) is 0 Å². The molecule has 3 aromatic rings. The Morgan fingerprint density at radius 2 is 1.52 bits per heavy atom. The van der Waals surface area contributed by atoms with Gasteiger partial charge in [-0.1, -0.05) is 45.0 Å². The molecule has 0 atom stereocenters. The van der Waals surface area contributed by atoms with Crippen LogP contribution in [0, 0.1) is 0 Å². The highest BCUT2D eigenvalue weighted by atomic mass is 27.1. The SMILES string of the molecule is CCc1ccc2ccc3cccnc3c2n1.C[CH2][Al][CH2]C. The molecule has 0 fully saturated rings. The smallest absolute Gasteiger partial charge is 0.198 e. The molecule has 0 amide bonds. The van der Waals surface area contributed by atoms with Gasteiger partial charge in [0.15, 0.2) is 15.2 Å². The zero-order chi connectivity index (χ0) is 15.1. The molecule has 0 aliphatic heterocycles.